The summed E-state index contributed by atoms with van der Waals surface area (Å²) in [5.74, 6) is 0.640. The molecule has 1 radical (unpaired) electrons. The molecule has 0 aliphatic heterocycles. The van der Waals surface area contributed by atoms with Gasteiger partial charge < -0.3 is 14.2 Å². The Hall–Kier alpha value is -1.42. The third kappa shape index (κ3) is 1.40. The molecule has 1 aromatic carbocycles. The Kier molecular flexibility index (Phi) is 1.98. The van der Waals surface area contributed by atoms with Crippen molar-refractivity contribution >= 4 is 18.6 Å². The molecular formula is C9H9BNO2. The van der Waals surface area contributed by atoms with E-state index in [-0.39, 0.29) is 0 Å². The van der Waals surface area contributed by atoms with E-state index in [0.29, 0.717) is 13.4 Å². The minimum Gasteiger partial charge on any atom is -0.537 e. The van der Waals surface area contributed by atoms with Gasteiger partial charge in [0.25, 0.3) is 0 Å². The minimum atomic E-state index is 0.640. The quantitative estimate of drug-likeness (QED) is 0.691. The summed E-state index contributed by atoms with van der Waals surface area (Å²) in [7, 11) is 2.67. The molecule has 65 valence electrons. The topological polar surface area (TPSA) is 34.4 Å². The Morgan fingerprint density at radius 3 is 3.00 bits per heavy atom. The van der Waals surface area contributed by atoms with Crippen LogP contribution in [-0.2, 0) is 7.05 Å². The third-order valence-electron chi connectivity index (χ3n) is 2.05. The van der Waals surface area contributed by atoms with Crippen LogP contribution in [0.15, 0.2) is 30.5 Å². The number of hydrogen-bond acceptors (Lipinski definition) is 2. The van der Waals surface area contributed by atoms with Gasteiger partial charge in [0, 0.05) is 24.1 Å². The molecule has 1 N–H and O–H groups in total. The first-order valence-corrected chi connectivity index (χ1v) is 3.99. The molecule has 2 rings (SSSR count). The van der Waals surface area contributed by atoms with Crippen LogP contribution in [0.2, 0.25) is 0 Å². The lowest BCUT2D eigenvalue weighted by Crippen LogP contribution is -1.99. The van der Waals surface area contributed by atoms with Crippen molar-refractivity contribution in [2.24, 2.45) is 7.05 Å². The molecule has 1 aromatic heterocycles. The van der Waals surface area contributed by atoms with Gasteiger partial charge in [-0.3, -0.25) is 0 Å². The number of aryl methyl sites for hydroxylation is 1. The lowest BCUT2D eigenvalue weighted by Gasteiger charge is -2.01. The van der Waals surface area contributed by atoms with Crippen molar-refractivity contribution in [3.8, 4) is 5.75 Å². The van der Waals surface area contributed by atoms with E-state index in [9.17, 15) is 0 Å². The van der Waals surface area contributed by atoms with Gasteiger partial charge in [-0.1, -0.05) is 0 Å². The zero-order valence-corrected chi connectivity index (χ0v) is 7.27. The fourth-order valence-corrected chi connectivity index (χ4v) is 1.39. The van der Waals surface area contributed by atoms with Gasteiger partial charge in [0.05, 0.1) is 0 Å². The summed E-state index contributed by atoms with van der Waals surface area (Å²) in [6, 6.07) is 7.64. The molecule has 0 bridgehead atoms. The summed E-state index contributed by atoms with van der Waals surface area (Å²) in [4.78, 5) is 0. The highest BCUT2D eigenvalue weighted by Gasteiger charge is 1.99. The SMILES string of the molecule is Cn1ccc2cc(O[B]O)ccc21. The number of benzene rings is 1. The standard InChI is InChI=1S/C9H9BNO2/c1-11-5-4-7-6-8(13-10-12)2-3-9(7)11/h2-6,12H,1H3. The molecule has 0 fully saturated rings. The van der Waals surface area contributed by atoms with Crippen LogP contribution < -0.4 is 4.65 Å². The first-order chi connectivity index (χ1) is 6.31. The van der Waals surface area contributed by atoms with Gasteiger partial charge in [-0.05, 0) is 24.3 Å². The molecule has 0 atom stereocenters. The summed E-state index contributed by atoms with van der Waals surface area (Å²) in [6.45, 7) is 0. The largest absolute Gasteiger partial charge is 0.569 e. The summed E-state index contributed by atoms with van der Waals surface area (Å²) in [6.07, 6.45) is 1.98. The highest BCUT2D eigenvalue weighted by Crippen LogP contribution is 2.20. The summed E-state index contributed by atoms with van der Waals surface area (Å²) in [5.41, 5.74) is 1.14. The lowest BCUT2D eigenvalue weighted by molar-refractivity contribution is 0.454. The average molecular weight is 174 g/mol. The molecular weight excluding hydrogens is 165 g/mol. The molecule has 13 heavy (non-hydrogen) atoms. The van der Waals surface area contributed by atoms with E-state index in [1.54, 1.807) is 0 Å². The predicted molar refractivity (Wildman–Crippen MR) is 51.5 cm³/mol. The van der Waals surface area contributed by atoms with Gasteiger partial charge in [-0.2, -0.15) is 0 Å². The highest BCUT2D eigenvalue weighted by atomic mass is 16.5. The van der Waals surface area contributed by atoms with E-state index in [1.807, 2.05) is 42.1 Å². The monoisotopic (exact) mass is 174 g/mol. The van der Waals surface area contributed by atoms with Crippen LogP contribution in [0.1, 0.15) is 0 Å². The van der Waals surface area contributed by atoms with Crippen LogP contribution in [0, 0.1) is 0 Å². The predicted octanol–water partition coefficient (Wildman–Crippen LogP) is 1.08. The fraction of sp³-hybridized carbons (Fsp3) is 0.111. The van der Waals surface area contributed by atoms with Crippen molar-refractivity contribution in [1.29, 1.82) is 0 Å². The molecule has 0 saturated heterocycles. The van der Waals surface area contributed by atoms with E-state index in [0.717, 1.165) is 10.9 Å². The normalized spacial score (nSPS) is 10.3. The number of hydrogen-bond donors (Lipinski definition) is 1. The fourth-order valence-electron chi connectivity index (χ4n) is 1.39. The Balaban J connectivity index is 2.50. The average Bonchev–Trinajstić information content (AvgIpc) is 2.48. The van der Waals surface area contributed by atoms with Gasteiger partial charge in [-0.25, -0.2) is 0 Å². The smallest absolute Gasteiger partial charge is 0.537 e. The molecule has 4 heteroatoms. The second-order valence-corrected chi connectivity index (χ2v) is 2.87. The zero-order chi connectivity index (χ0) is 9.26. The van der Waals surface area contributed by atoms with Crippen LogP contribution in [0.25, 0.3) is 10.9 Å². The van der Waals surface area contributed by atoms with E-state index >= 15 is 0 Å². The van der Waals surface area contributed by atoms with E-state index < -0.39 is 0 Å². The molecule has 0 saturated carbocycles. The van der Waals surface area contributed by atoms with Crippen molar-refractivity contribution in [2.45, 2.75) is 0 Å². The van der Waals surface area contributed by atoms with Crippen LogP contribution in [-0.4, -0.2) is 17.3 Å². The molecule has 0 aliphatic rings. The summed E-state index contributed by atoms with van der Waals surface area (Å²) >= 11 is 0. The van der Waals surface area contributed by atoms with Crippen LogP contribution in [0.3, 0.4) is 0 Å². The summed E-state index contributed by atoms with van der Waals surface area (Å²) in [5, 5.41) is 9.54. The van der Waals surface area contributed by atoms with Gasteiger partial charge in [0.1, 0.15) is 5.75 Å². The van der Waals surface area contributed by atoms with Crippen molar-refractivity contribution in [3.05, 3.63) is 30.5 Å². The Morgan fingerprint density at radius 2 is 2.23 bits per heavy atom. The zero-order valence-electron chi connectivity index (χ0n) is 7.27. The minimum absolute atomic E-state index is 0.640. The molecule has 0 unspecified atom stereocenters. The molecule has 0 spiro atoms. The number of fused-ring (bicyclic) bond motifs is 1. The Bertz CT molecular complexity index is 424. The molecule has 3 nitrogen and oxygen atoms in total. The maximum absolute atomic E-state index is 8.44. The first-order valence-electron chi connectivity index (χ1n) is 3.99. The van der Waals surface area contributed by atoms with Crippen molar-refractivity contribution in [3.63, 3.8) is 0 Å². The van der Waals surface area contributed by atoms with Crippen molar-refractivity contribution in [2.75, 3.05) is 0 Å². The number of nitrogens with zero attached hydrogens (tertiary/aromatic N) is 1. The maximum Gasteiger partial charge on any atom is 0.569 e. The van der Waals surface area contributed by atoms with Crippen LogP contribution >= 0.6 is 0 Å². The van der Waals surface area contributed by atoms with Crippen molar-refractivity contribution < 1.29 is 9.68 Å². The molecule has 2 aromatic rings. The van der Waals surface area contributed by atoms with Crippen LogP contribution in [0.5, 0.6) is 5.75 Å². The van der Waals surface area contributed by atoms with E-state index in [4.69, 9.17) is 9.68 Å². The van der Waals surface area contributed by atoms with Gasteiger partial charge >= 0.3 is 7.69 Å². The van der Waals surface area contributed by atoms with E-state index in [1.165, 1.54) is 0 Å². The first kappa shape index (κ1) is 8.20. The van der Waals surface area contributed by atoms with Gasteiger partial charge in [0.15, 0.2) is 0 Å². The van der Waals surface area contributed by atoms with E-state index in [2.05, 4.69) is 0 Å². The molecule has 0 amide bonds. The van der Waals surface area contributed by atoms with Gasteiger partial charge in [0.2, 0.25) is 0 Å². The summed E-state index contributed by atoms with van der Waals surface area (Å²) < 4.78 is 6.87. The number of rotatable bonds is 2. The second kappa shape index (κ2) is 3.14. The second-order valence-electron chi connectivity index (χ2n) is 2.87. The van der Waals surface area contributed by atoms with Crippen LogP contribution in [0.4, 0.5) is 0 Å². The maximum atomic E-state index is 8.44. The Morgan fingerprint density at radius 1 is 1.38 bits per heavy atom. The molecule has 0 aliphatic carbocycles. The number of aromatic nitrogens is 1. The van der Waals surface area contributed by atoms with Crippen molar-refractivity contribution in [1.82, 2.24) is 4.57 Å². The third-order valence-corrected chi connectivity index (χ3v) is 2.05. The molecule has 1 heterocycles. The van der Waals surface area contributed by atoms with Gasteiger partial charge in [-0.15, -0.1) is 0 Å². The Labute approximate surface area is 76.9 Å². The highest BCUT2D eigenvalue weighted by molar-refractivity contribution is 6.17. The lowest BCUT2D eigenvalue weighted by atomic mass is 10.2.